The maximum absolute atomic E-state index is 6.38. The lowest BCUT2D eigenvalue weighted by Crippen LogP contribution is -2.04. The van der Waals surface area contributed by atoms with Crippen molar-refractivity contribution in [2.45, 2.75) is 33.7 Å². The summed E-state index contributed by atoms with van der Waals surface area (Å²) in [7, 11) is 0. The summed E-state index contributed by atoms with van der Waals surface area (Å²) < 4.78 is 11.4. The quantitative estimate of drug-likeness (QED) is 0.697. The van der Waals surface area contributed by atoms with Gasteiger partial charge >= 0.3 is 0 Å². The fourth-order valence-electron chi connectivity index (χ4n) is 2.21. The van der Waals surface area contributed by atoms with Crippen LogP contribution in [0.4, 0.5) is 5.69 Å². The van der Waals surface area contributed by atoms with E-state index in [-0.39, 0.29) is 0 Å². The van der Waals surface area contributed by atoms with Crippen molar-refractivity contribution >= 4 is 17.3 Å². The van der Waals surface area contributed by atoms with Crippen LogP contribution in [0.5, 0.6) is 11.5 Å². The SMILES string of the molecule is CCCOc1c(Cl)cc(CNc2ccc(C)cc2)cc1OCC. The molecule has 0 aliphatic heterocycles. The molecule has 0 amide bonds. The highest BCUT2D eigenvalue weighted by Crippen LogP contribution is 2.37. The monoisotopic (exact) mass is 333 g/mol. The molecule has 2 rings (SSSR count). The van der Waals surface area contributed by atoms with Gasteiger partial charge in [0.15, 0.2) is 11.5 Å². The lowest BCUT2D eigenvalue weighted by molar-refractivity contribution is 0.277. The molecular formula is C19H24ClNO2. The third-order valence-electron chi connectivity index (χ3n) is 3.37. The molecule has 0 atom stereocenters. The molecule has 0 aromatic heterocycles. The first-order chi connectivity index (χ1) is 11.1. The number of anilines is 1. The van der Waals surface area contributed by atoms with E-state index in [1.165, 1.54) is 5.56 Å². The molecule has 23 heavy (non-hydrogen) atoms. The molecule has 0 aliphatic carbocycles. The van der Waals surface area contributed by atoms with Crippen LogP contribution in [0.3, 0.4) is 0 Å². The van der Waals surface area contributed by atoms with Crippen molar-refractivity contribution in [3.8, 4) is 11.5 Å². The zero-order valence-electron chi connectivity index (χ0n) is 14.0. The Labute approximate surface area is 143 Å². The second-order valence-corrected chi connectivity index (χ2v) is 5.81. The number of aryl methyl sites for hydroxylation is 1. The molecule has 0 heterocycles. The van der Waals surface area contributed by atoms with Crippen LogP contribution < -0.4 is 14.8 Å². The summed E-state index contributed by atoms with van der Waals surface area (Å²) in [5.41, 5.74) is 3.38. The van der Waals surface area contributed by atoms with Gasteiger partial charge in [-0.05, 0) is 50.1 Å². The van der Waals surface area contributed by atoms with Crippen molar-refractivity contribution in [2.75, 3.05) is 18.5 Å². The third kappa shape index (κ3) is 5.07. The number of rotatable bonds is 8. The second-order valence-electron chi connectivity index (χ2n) is 5.41. The first kappa shape index (κ1) is 17.5. The minimum atomic E-state index is 0.577. The van der Waals surface area contributed by atoms with Crippen molar-refractivity contribution in [1.82, 2.24) is 0 Å². The average Bonchev–Trinajstić information content (AvgIpc) is 2.54. The summed E-state index contributed by atoms with van der Waals surface area (Å²) in [6.45, 7) is 7.97. The molecule has 0 aliphatic rings. The van der Waals surface area contributed by atoms with E-state index in [1.54, 1.807) is 0 Å². The normalized spacial score (nSPS) is 10.4. The zero-order valence-corrected chi connectivity index (χ0v) is 14.7. The van der Waals surface area contributed by atoms with Crippen LogP contribution in [0.25, 0.3) is 0 Å². The Morgan fingerprint density at radius 1 is 1.04 bits per heavy atom. The van der Waals surface area contributed by atoms with Gasteiger partial charge < -0.3 is 14.8 Å². The fourth-order valence-corrected chi connectivity index (χ4v) is 2.49. The Morgan fingerprint density at radius 2 is 1.78 bits per heavy atom. The molecule has 124 valence electrons. The van der Waals surface area contributed by atoms with Crippen molar-refractivity contribution < 1.29 is 9.47 Å². The lowest BCUT2D eigenvalue weighted by atomic mass is 10.2. The van der Waals surface area contributed by atoms with Crippen molar-refractivity contribution in [3.05, 3.63) is 52.5 Å². The summed E-state index contributed by atoms with van der Waals surface area (Å²) in [6, 6.07) is 12.2. The van der Waals surface area contributed by atoms with E-state index in [1.807, 2.05) is 19.1 Å². The minimum absolute atomic E-state index is 0.577. The van der Waals surface area contributed by atoms with Gasteiger partial charge in [0.25, 0.3) is 0 Å². The van der Waals surface area contributed by atoms with E-state index < -0.39 is 0 Å². The van der Waals surface area contributed by atoms with Crippen LogP contribution >= 0.6 is 11.6 Å². The van der Waals surface area contributed by atoms with Gasteiger partial charge in [-0.3, -0.25) is 0 Å². The van der Waals surface area contributed by atoms with E-state index in [9.17, 15) is 0 Å². The molecule has 0 unspecified atom stereocenters. The number of hydrogen-bond acceptors (Lipinski definition) is 3. The number of hydrogen-bond donors (Lipinski definition) is 1. The zero-order chi connectivity index (χ0) is 16.7. The van der Waals surface area contributed by atoms with Gasteiger partial charge in [0.2, 0.25) is 0 Å². The Morgan fingerprint density at radius 3 is 2.43 bits per heavy atom. The van der Waals surface area contributed by atoms with Gasteiger partial charge in [-0.15, -0.1) is 0 Å². The van der Waals surface area contributed by atoms with Crippen LogP contribution in [-0.4, -0.2) is 13.2 Å². The highest BCUT2D eigenvalue weighted by molar-refractivity contribution is 6.32. The number of nitrogens with one attached hydrogen (secondary N) is 1. The number of benzene rings is 2. The van der Waals surface area contributed by atoms with E-state index in [0.717, 1.165) is 17.7 Å². The number of halogens is 1. The molecule has 0 bridgehead atoms. The molecule has 4 heteroatoms. The maximum Gasteiger partial charge on any atom is 0.179 e. The molecule has 0 radical (unpaired) electrons. The van der Waals surface area contributed by atoms with Crippen molar-refractivity contribution in [3.63, 3.8) is 0 Å². The van der Waals surface area contributed by atoms with E-state index in [4.69, 9.17) is 21.1 Å². The van der Waals surface area contributed by atoms with Crippen LogP contribution in [0.15, 0.2) is 36.4 Å². The molecule has 2 aromatic rings. The molecule has 1 N–H and O–H groups in total. The Bertz CT molecular complexity index is 626. The van der Waals surface area contributed by atoms with Crippen LogP contribution in [0.1, 0.15) is 31.4 Å². The maximum atomic E-state index is 6.38. The minimum Gasteiger partial charge on any atom is -0.490 e. The van der Waals surface area contributed by atoms with Gasteiger partial charge in [0.05, 0.1) is 18.2 Å². The smallest absolute Gasteiger partial charge is 0.179 e. The molecule has 0 saturated carbocycles. The summed E-state index contributed by atoms with van der Waals surface area (Å²) in [6.07, 6.45) is 0.929. The second kappa shape index (κ2) is 8.68. The first-order valence-corrected chi connectivity index (χ1v) is 8.40. The summed E-state index contributed by atoms with van der Waals surface area (Å²) in [5, 5.41) is 3.98. The molecule has 3 nitrogen and oxygen atoms in total. The molecule has 0 spiro atoms. The van der Waals surface area contributed by atoms with Crippen molar-refractivity contribution in [2.24, 2.45) is 0 Å². The average molecular weight is 334 g/mol. The topological polar surface area (TPSA) is 30.5 Å². The van der Waals surface area contributed by atoms with Gasteiger partial charge in [-0.2, -0.15) is 0 Å². The lowest BCUT2D eigenvalue weighted by Gasteiger charge is -2.15. The molecule has 2 aromatic carbocycles. The van der Waals surface area contributed by atoms with Crippen molar-refractivity contribution in [1.29, 1.82) is 0 Å². The number of ether oxygens (including phenoxy) is 2. The van der Waals surface area contributed by atoms with Crippen LogP contribution in [0.2, 0.25) is 5.02 Å². The van der Waals surface area contributed by atoms with E-state index in [0.29, 0.717) is 36.3 Å². The molecular weight excluding hydrogens is 310 g/mol. The Balaban J connectivity index is 2.13. The summed E-state index contributed by atoms with van der Waals surface area (Å²) in [5.74, 6) is 1.34. The standard InChI is InChI=1S/C19H24ClNO2/c1-4-10-23-19-17(20)11-15(12-18(19)22-5-2)13-21-16-8-6-14(3)7-9-16/h6-9,11-12,21H,4-5,10,13H2,1-3H3. The fraction of sp³-hybridized carbons (Fsp3) is 0.368. The Hall–Kier alpha value is -1.87. The Kier molecular flexibility index (Phi) is 6.60. The molecule has 0 saturated heterocycles. The largest absolute Gasteiger partial charge is 0.490 e. The van der Waals surface area contributed by atoms with Crippen LogP contribution in [-0.2, 0) is 6.54 Å². The predicted molar refractivity (Wildman–Crippen MR) is 96.9 cm³/mol. The summed E-state index contributed by atoms with van der Waals surface area (Å²) in [4.78, 5) is 0. The highest BCUT2D eigenvalue weighted by atomic mass is 35.5. The van der Waals surface area contributed by atoms with Gasteiger partial charge in [0.1, 0.15) is 0 Å². The van der Waals surface area contributed by atoms with Gasteiger partial charge in [-0.1, -0.05) is 36.2 Å². The third-order valence-corrected chi connectivity index (χ3v) is 3.65. The van der Waals surface area contributed by atoms with Crippen LogP contribution in [0, 0.1) is 6.92 Å². The van der Waals surface area contributed by atoms with E-state index in [2.05, 4.69) is 43.4 Å². The predicted octanol–water partition coefficient (Wildman–Crippen LogP) is 5.45. The van der Waals surface area contributed by atoms with Gasteiger partial charge in [0, 0.05) is 12.2 Å². The highest BCUT2D eigenvalue weighted by Gasteiger charge is 2.12. The van der Waals surface area contributed by atoms with E-state index >= 15 is 0 Å². The summed E-state index contributed by atoms with van der Waals surface area (Å²) >= 11 is 6.38. The molecule has 0 fully saturated rings. The first-order valence-electron chi connectivity index (χ1n) is 8.02. The van der Waals surface area contributed by atoms with Gasteiger partial charge in [-0.25, -0.2) is 0 Å².